The van der Waals surface area contributed by atoms with Gasteiger partial charge in [0.25, 0.3) is 5.91 Å². The number of para-hydroxylation sites is 1. The molecule has 8 heteroatoms. The molecule has 0 spiro atoms. The smallest absolute Gasteiger partial charge is 0.271 e. The van der Waals surface area contributed by atoms with Crippen molar-refractivity contribution in [2.45, 2.75) is 32.1 Å². The van der Waals surface area contributed by atoms with Gasteiger partial charge in [0.15, 0.2) is 5.17 Å². The number of fused-ring (bicyclic) bond motifs is 3. The Bertz CT molecular complexity index is 1070. The number of anilines is 1. The van der Waals surface area contributed by atoms with Crippen LogP contribution in [0.15, 0.2) is 58.5 Å². The number of nitrogens with zero attached hydrogens (tertiary/aromatic N) is 3. The van der Waals surface area contributed by atoms with Gasteiger partial charge in [0.2, 0.25) is 5.91 Å². The predicted molar refractivity (Wildman–Crippen MR) is 118 cm³/mol. The van der Waals surface area contributed by atoms with Crippen molar-refractivity contribution in [3.63, 3.8) is 0 Å². The quantitative estimate of drug-likeness (QED) is 0.798. The summed E-state index contributed by atoms with van der Waals surface area (Å²) < 4.78 is 13.1. The average Bonchev–Trinajstić information content (AvgIpc) is 3.07. The van der Waals surface area contributed by atoms with E-state index in [-0.39, 0.29) is 23.5 Å². The SMILES string of the molecule is CC(SC1=Nc2ccccc2C2=NC(=O)C(C(C)C)N12)C(=O)Nc1ccc(F)cc1. The molecule has 30 heavy (non-hydrogen) atoms. The van der Waals surface area contributed by atoms with E-state index in [0.29, 0.717) is 16.7 Å². The van der Waals surface area contributed by atoms with Crippen LogP contribution in [0.3, 0.4) is 0 Å². The van der Waals surface area contributed by atoms with Crippen LogP contribution in [-0.2, 0) is 9.59 Å². The molecule has 2 heterocycles. The molecule has 2 atom stereocenters. The highest BCUT2D eigenvalue weighted by Gasteiger charge is 2.43. The Kier molecular flexibility index (Phi) is 5.42. The summed E-state index contributed by atoms with van der Waals surface area (Å²) in [7, 11) is 0. The molecule has 1 N–H and O–H groups in total. The first kappa shape index (κ1) is 20.3. The molecule has 0 saturated carbocycles. The fourth-order valence-electron chi connectivity index (χ4n) is 3.44. The van der Waals surface area contributed by atoms with Crippen molar-refractivity contribution >= 4 is 46.0 Å². The number of nitrogens with one attached hydrogen (secondary N) is 1. The largest absolute Gasteiger partial charge is 0.325 e. The van der Waals surface area contributed by atoms with Crippen molar-refractivity contribution in [1.82, 2.24) is 4.90 Å². The Labute approximate surface area is 178 Å². The third kappa shape index (κ3) is 3.75. The number of amidine groups is 2. The van der Waals surface area contributed by atoms with Gasteiger partial charge in [-0.2, -0.15) is 4.99 Å². The summed E-state index contributed by atoms with van der Waals surface area (Å²) in [6.45, 7) is 5.70. The molecular formula is C22H21FN4O2S. The summed E-state index contributed by atoms with van der Waals surface area (Å²) in [6, 6.07) is 12.7. The molecule has 0 bridgehead atoms. The number of amides is 2. The van der Waals surface area contributed by atoms with Gasteiger partial charge < -0.3 is 5.32 Å². The van der Waals surface area contributed by atoms with Crippen molar-refractivity contribution in [2.24, 2.45) is 15.9 Å². The van der Waals surface area contributed by atoms with E-state index in [1.165, 1.54) is 36.0 Å². The maximum atomic E-state index is 13.1. The van der Waals surface area contributed by atoms with E-state index in [9.17, 15) is 14.0 Å². The van der Waals surface area contributed by atoms with Crippen molar-refractivity contribution in [2.75, 3.05) is 5.32 Å². The van der Waals surface area contributed by atoms with Crippen LogP contribution in [0.5, 0.6) is 0 Å². The Balaban J connectivity index is 1.61. The Hall–Kier alpha value is -3.00. The Morgan fingerprint density at radius 2 is 1.80 bits per heavy atom. The number of carbonyl (C=O) groups excluding carboxylic acids is 2. The molecule has 0 aliphatic carbocycles. The number of halogens is 1. The molecule has 0 radical (unpaired) electrons. The lowest BCUT2D eigenvalue weighted by molar-refractivity contribution is -0.120. The Morgan fingerprint density at radius 1 is 1.10 bits per heavy atom. The van der Waals surface area contributed by atoms with Gasteiger partial charge in [0, 0.05) is 11.3 Å². The van der Waals surface area contributed by atoms with Crippen molar-refractivity contribution in [3.05, 3.63) is 59.9 Å². The van der Waals surface area contributed by atoms with Crippen LogP contribution in [0.4, 0.5) is 15.8 Å². The van der Waals surface area contributed by atoms with Crippen LogP contribution in [-0.4, -0.2) is 39.0 Å². The van der Waals surface area contributed by atoms with Gasteiger partial charge in [-0.25, -0.2) is 9.38 Å². The zero-order valence-corrected chi connectivity index (χ0v) is 17.6. The fourth-order valence-corrected chi connectivity index (χ4v) is 4.39. The molecule has 2 aromatic rings. The highest BCUT2D eigenvalue weighted by atomic mass is 32.2. The van der Waals surface area contributed by atoms with Crippen LogP contribution in [0.25, 0.3) is 0 Å². The first-order valence-corrected chi connectivity index (χ1v) is 10.6. The van der Waals surface area contributed by atoms with Gasteiger partial charge >= 0.3 is 0 Å². The van der Waals surface area contributed by atoms with Gasteiger partial charge in [0.1, 0.15) is 17.7 Å². The van der Waals surface area contributed by atoms with Crippen molar-refractivity contribution < 1.29 is 14.0 Å². The van der Waals surface area contributed by atoms with Gasteiger partial charge in [0.05, 0.1) is 10.9 Å². The van der Waals surface area contributed by atoms with E-state index in [2.05, 4.69) is 10.3 Å². The summed E-state index contributed by atoms with van der Waals surface area (Å²) in [5, 5.41) is 2.85. The summed E-state index contributed by atoms with van der Waals surface area (Å²) >= 11 is 1.27. The molecule has 0 aromatic heterocycles. The minimum atomic E-state index is -0.496. The van der Waals surface area contributed by atoms with E-state index in [1.807, 2.05) is 43.0 Å². The Morgan fingerprint density at radius 3 is 2.50 bits per heavy atom. The van der Waals surface area contributed by atoms with Crippen LogP contribution in [0, 0.1) is 11.7 Å². The zero-order chi connectivity index (χ0) is 21.4. The first-order valence-electron chi connectivity index (χ1n) is 9.68. The summed E-state index contributed by atoms with van der Waals surface area (Å²) in [5.74, 6) is -0.196. The van der Waals surface area contributed by atoms with E-state index in [1.54, 1.807) is 6.92 Å². The normalized spacial score (nSPS) is 18.5. The minimum Gasteiger partial charge on any atom is -0.325 e. The van der Waals surface area contributed by atoms with E-state index in [0.717, 1.165) is 11.3 Å². The van der Waals surface area contributed by atoms with Gasteiger partial charge in [-0.15, -0.1) is 0 Å². The summed E-state index contributed by atoms with van der Waals surface area (Å²) in [4.78, 5) is 36.2. The molecule has 2 aromatic carbocycles. The van der Waals surface area contributed by atoms with Gasteiger partial charge in [-0.1, -0.05) is 37.7 Å². The van der Waals surface area contributed by atoms with Crippen LogP contribution in [0.2, 0.25) is 0 Å². The molecule has 6 nitrogen and oxygen atoms in total. The molecule has 2 aliphatic heterocycles. The minimum absolute atomic E-state index is 0.0261. The summed E-state index contributed by atoms with van der Waals surface area (Å²) in [6.07, 6.45) is 0. The molecular weight excluding hydrogens is 403 g/mol. The zero-order valence-electron chi connectivity index (χ0n) is 16.8. The van der Waals surface area contributed by atoms with E-state index in [4.69, 9.17) is 4.99 Å². The number of hydrogen-bond acceptors (Lipinski definition) is 5. The first-order chi connectivity index (χ1) is 14.3. The standard InChI is InChI=1S/C22H21FN4O2S/c1-12(2)18-21(29)26-19-16-6-4-5-7-17(16)25-22(27(18)19)30-13(3)20(28)24-15-10-8-14(23)9-11-15/h4-13,18H,1-3H3,(H,24,28). The van der Waals surface area contributed by atoms with Gasteiger partial charge in [-0.3, -0.25) is 14.5 Å². The third-order valence-corrected chi connectivity index (χ3v) is 6.00. The number of benzene rings is 2. The van der Waals surface area contributed by atoms with Crippen LogP contribution >= 0.6 is 11.8 Å². The highest BCUT2D eigenvalue weighted by Crippen LogP contribution is 2.36. The second kappa shape index (κ2) is 8.02. The average molecular weight is 425 g/mol. The van der Waals surface area contributed by atoms with Gasteiger partial charge in [-0.05, 0) is 49.2 Å². The second-order valence-electron chi connectivity index (χ2n) is 7.50. The maximum absolute atomic E-state index is 13.1. The number of carbonyl (C=O) groups is 2. The van der Waals surface area contributed by atoms with E-state index >= 15 is 0 Å². The molecule has 154 valence electrons. The van der Waals surface area contributed by atoms with Crippen LogP contribution < -0.4 is 5.32 Å². The molecule has 2 unspecified atom stereocenters. The van der Waals surface area contributed by atoms with E-state index < -0.39 is 11.3 Å². The lowest BCUT2D eigenvalue weighted by Gasteiger charge is -2.33. The topological polar surface area (TPSA) is 74.1 Å². The molecule has 4 rings (SSSR count). The predicted octanol–water partition coefficient (Wildman–Crippen LogP) is 4.20. The lowest BCUT2D eigenvalue weighted by Crippen LogP contribution is -2.47. The molecule has 2 aliphatic rings. The lowest BCUT2D eigenvalue weighted by atomic mass is 10.0. The number of rotatable bonds is 4. The number of aliphatic imine (C=N–C) groups is 2. The molecule has 0 saturated heterocycles. The van der Waals surface area contributed by atoms with Crippen molar-refractivity contribution in [3.8, 4) is 0 Å². The third-order valence-electron chi connectivity index (χ3n) is 4.94. The molecule has 0 fully saturated rings. The number of hydrogen-bond donors (Lipinski definition) is 1. The maximum Gasteiger partial charge on any atom is 0.271 e. The second-order valence-corrected chi connectivity index (χ2v) is 8.81. The van der Waals surface area contributed by atoms with Crippen LogP contribution in [0.1, 0.15) is 26.3 Å². The molecule has 2 amide bonds. The monoisotopic (exact) mass is 424 g/mol. The fraction of sp³-hybridized carbons (Fsp3) is 0.273. The summed E-state index contributed by atoms with van der Waals surface area (Å²) in [5.41, 5.74) is 2.04. The van der Waals surface area contributed by atoms with Crippen molar-refractivity contribution in [1.29, 1.82) is 0 Å². The highest BCUT2D eigenvalue weighted by molar-refractivity contribution is 8.14. The number of thioether (sulfide) groups is 1.